The van der Waals surface area contributed by atoms with Crippen molar-refractivity contribution < 1.29 is 4.74 Å². The van der Waals surface area contributed by atoms with Crippen LogP contribution in [-0.2, 0) is 11.3 Å². The van der Waals surface area contributed by atoms with Crippen molar-refractivity contribution in [1.29, 1.82) is 0 Å². The zero-order chi connectivity index (χ0) is 11.0. The van der Waals surface area contributed by atoms with Gasteiger partial charge in [0.1, 0.15) is 0 Å². The van der Waals surface area contributed by atoms with Gasteiger partial charge in [-0.1, -0.05) is 6.07 Å². The molecule has 5 heteroatoms. The Morgan fingerprint density at radius 3 is 3.19 bits per heavy atom. The van der Waals surface area contributed by atoms with Gasteiger partial charge in [-0.2, -0.15) is 5.10 Å². The molecular formula is C11H14N4O. The Labute approximate surface area is 93.2 Å². The van der Waals surface area contributed by atoms with Crippen LogP contribution in [0.1, 0.15) is 23.7 Å². The summed E-state index contributed by atoms with van der Waals surface area (Å²) >= 11 is 0. The van der Waals surface area contributed by atoms with Crippen molar-refractivity contribution in [2.75, 3.05) is 13.2 Å². The molecule has 3 heterocycles. The summed E-state index contributed by atoms with van der Waals surface area (Å²) < 4.78 is 7.14. The lowest BCUT2D eigenvalue weighted by Gasteiger charge is -1.98. The van der Waals surface area contributed by atoms with Crippen LogP contribution < -0.4 is 5.73 Å². The van der Waals surface area contributed by atoms with Gasteiger partial charge in [-0.3, -0.25) is 0 Å². The number of hydrogen-bond donors (Lipinski definition) is 1. The minimum Gasteiger partial charge on any atom is -0.381 e. The van der Waals surface area contributed by atoms with Gasteiger partial charge in [-0.25, -0.2) is 9.50 Å². The number of aromatic nitrogens is 3. The van der Waals surface area contributed by atoms with Gasteiger partial charge in [0.25, 0.3) is 0 Å². The van der Waals surface area contributed by atoms with Gasteiger partial charge in [0.15, 0.2) is 11.5 Å². The predicted molar refractivity (Wildman–Crippen MR) is 59.1 cm³/mol. The van der Waals surface area contributed by atoms with E-state index in [1.54, 1.807) is 4.52 Å². The molecule has 1 fully saturated rings. The highest BCUT2D eigenvalue weighted by atomic mass is 16.5. The molecule has 1 aliphatic rings. The van der Waals surface area contributed by atoms with E-state index < -0.39 is 0 Å². The first-order valence-corrected chi connectivity index (χ1v) is 5.50. The fourth-order valence-corrected chi connectivity index (χ4v) is 1.97. The summed E-state index contributed by atoms with van der Waals surface area (Å²) in [5, 5.41) is 4.47. The van der Waals surface area contributed by atoms with Crippen molar-refractivity contribution in [3.63, 3.8) is 0 Å². The van der Waals surface area contributed by atoms with Crippen LogP contribution in [0.4, 0.5) is 0 Å². The summed E-state index contributed by atoms with van der Waals surface area (Å²) in [6, 6.07) is 3.94. The van der Waals surface area contributed by atoms with Crippen molar-refractivity contribution in [1.82, 2.24) is 14.6 Å². The first-order valence-electron chi connectivity index (χ1n) is 5.50. The Kier molecular flexibility index (Phi) is 2.34. The Bertz CT molecular complexity index is 502. The number of ether oxygens (including phenoxy) is 1. The van der Waals surface area contributed by atoms with Gasteiger partial charge in [0.2, 0.25) is 0 Å². The third-order valence-corrected chi connectivity index (χ3v) is 2.94. The zero-order valence-corrected chi connectivity index (χ0v) is 8.97. The summed E-state index contributed by atoms with van der Waals surface area (Å²) in [4.78, 5) is 4.50. The standard InChI is InChI=1S/C11H14N4O/c12-5-8-1-2-10-13-11(14-15(10)6-8)9-3-4-16-7-9/h1-2,6,9H,3-5,7,12H2. The third kappa shape index (κ3) is 1.58. The number of rotatable bonds is 2. The van der Waals surface area contributed by atoms with Crippen LogP contribution in [-0.4, -0.2) is 27.8 Å². The van der Waals surface area contributed by atoms with Gasteiger partial charge in [-0.15, -0.1) is 0 Å². The lowest BCUT2D eigenvalue weighted by atomic mass is 10.1. The molecule has 0 aliphatic carbocycles. The maximum absolute atomic E-state index is 5.59. The van der Waals surface area contributed by atoms with Crippen molar-refractivity contribution in [2.24, 2.45) is 5.73 Å². The number of nitrogens with zero attached hydrogens (tertiary/aromatic N) is 3. The average Bonchev–Trinajstić information content (AvgIpc) is 2.96. The molecule has 2 N–H and O–H groups in total. The second-order valence-corrected chi connectivity index (χ2v) is 4.07. The van der Waals surface area contributed by atoms with E-state index >= 15 is 0 Å². The van der Waals surface area contributed by atoms with Crippen LogP contribution >= 0.6 is 0 Å². The quantitative estimate of drug-likeness (QED) is 0.805. The molecule has 16 heavy (non-hydrogen) atoms. The molecule has 0 spiro atoms. The fraction of sp³-hybridized carbons (Fsp3) is 0.455. The molecule has 1 atom stereocenters. The van der Waals surface area contributed by atoms with Gasteiger partial charge >= 0.3 is 0 Å². The molecule has 3 rings (SSSR count). The summed E-state index contributed by atoms with van der Waals surface area (Å²) in [5.41, 5.74) is 7.52. The third-order valence-electron chi connectivity index (χ3n) is 2.94. The summed E-state index contributed by atoms with van der Waals surface area (Å²) in [7, 11) is 0. The van der Waals surface area contributed by atoms with E-state index in [4.69, 9.17) is 10.5 Å². The van der Waals surface area contributed by atoms with Crippen LogP contribution in [0.5, 0.6) is 0 Å². The van der Waals surface area contributed by atoms with E-state index in [1.807, 2.05) is 18.3 Å². The van der Waals surface area contributed by atoms with Gasteiger partial charge in [-0.05, 0) is 18.1 Å². The Hall–Kier alpha value is -1.46. The molecule has 84 valence electrons. The Morgan fingerprint density at radius 1 is 1.50 bits per heavy atom. The highest BCUT2D eigenvalue weighted by Gasteiger charge is 2.21. The van der Waals surface area contributed by atoms with Gasteiger partial charge < -0.3 is 10.5 Å². The Balaban J connectivity index is 2.01. The maximum atomic E-state index is 5.59. The van der Waals surface area contributed by atoms with E-state index in [9.17, 15) is 0 Å². The maximum Gasteiger partial charge on any atom is 0.157 e. The van der Waals surface area contributed by atoms with Gasteiger partial charge in [0, 0.05) is 25.3 Å². The summed E-state index contributed by atoms with van der Waals surface area (Å²) in [6.45, 7) is 2.08. The van der Waals surface area contributed by atoms with Crippen LogP contribution in [0.15, 0.2) is 18.3 Å². The fourth-order valence-electron chi connectivity index (χ4n) is 1.97. The molecule has 2 aromatic heterocycles. The molecule has 1 unspecified atom stereocenters. The predicted octanol–water partition coefficient (Wildman–Crippen LogP) is 0.692. The lowest BCUT2D eigenvalue weighted by Crippen LogP contribution is -2.01. The summed E-state index contributed by atoms with van der Waals surface area (Å²) in [5.74, 6) is 1.23. The number of fused-ring (bicyclic) bond motifs is 1. The minimum atomic E-state index is 0.348. The zero-order valence-electron chi connectivity index (χ0n) is 8.97. The molecule has 0 amide bonds. The molecular weight excluding hydrogens is 204 g/mol. The molecule has 5 nitrogen and oxygen atoms in total. The summed E-state index contributed by atoms with van der Waals surface area (Å²) in [6.07, 6.45) is 2.95. The molecule has 1 saturated heterocycles. The molecule has 1 aliphatic heterocycles. The first-order chi connectivity index (χ1) is 7.86. The average molecular weight is 218 g/mol. The topological polar surface area (TPSA) is 65.4 Å². The highest BCUT2D eigenvalue weighted by Crippen LogP contribution is 2.22. The van der Waals surface area contributed by atoms with E-state index in [1.165, 1.54) is 0 Å². The molecule has 0 saturated carbocycles. The number of pyridine rings is 1. The van der Waals surface area contributed by atoms with Gasteiger partial charge in [0.05, 0.1) is 6.61 Å². The van der Waals surface area contributed by atoms with Crippen molar-refractivity contribution in [3.8, 4) is 0 Å². The van der Waals surface area contributed by atoms with Crippen molar-refractivity contribution >= 4 is 5.65 Å². The second-order valence-electron chi connectivity index (χ2n) is 4.07. The lowest BCUT2D eigenvalue weighted by molar-refractivity contribution is 0.193. The van der Waals surface area contributed by atoms with E-state index in [0.717, 1.165) is 36.7 Å². The highest BCUT2D eigenvalue weighted by molar-refractivity contribution is 5.39. The number of hydrogen-bond acceptors (Lipinski definition) is 4. The minimum absolute atomic E-state index is 0.348. The SMILES string of the molecule is NCc1ccc2nc(C3CCOC3)nn2c1. The van der Waals surface area contributed by atoms with Crippen LogP contribution in [0.25, 0.3) is 5.65 Å². The Morgan fingerprint density at radius 2 is 2.44 bits per heavy atom. The normalized spacial score (nSPS) is 20.7. The smallest absolute Gasteiger partial charge is 0.157 e. The van der Waals surface area contributed by atoms with Crippen molar-refractivity contribution in [3.05, 3.63) is 29.7 Å². The molecule has 0 radical (unpaired) electrons. The van der Waals surface area contributed by atoms with Crippen LogP contribution in [0.3, 0.4) is 0 Å². The molecule has 2 aromatic rings. The van der Waals surface area contributed by atoms with E-state index in [0.29, 0.717) is 12.5 Å². The van der Waals surface area contributed by atoms with E-state index in [-0.39, 0.29) is 0 Å². The van der Waals surface area contributed by atoms with Crippen LogP contribution in [0.2, 0.25) is 0 Å². The van der Waals surface area contributed by atoms with E-state index in [2.05, 4.69) is 10.1 Å². The largest absolute Gasteiger partial charge is 0.381 e. The monoisotopic (exact) mass is 218 g/mol. The molecule has 0 bridgehead atoms. The molecule has 0 aromatic carbocycles. The second kappa shape index (κ2) is 3.84. The number of nitrogens with two attached hydrogens (primary N) is 1. The van der Waals surface area contributed by atoms with Crippen molar-refractivity contribution in [2.45, 2.75) is 18.9 Å². The van der Waals surface area contributed by atoms with Crippen LogP contribution in [0, 0.1) is 0 Å². The first kappa shape index (κ1) is 9.74.